The maximum absolute atomic E-state index is 13.8. The van der Waals surface area contributed by atoms with Crippen LogP contribution in [-0.4, -0.2) is 51.2 Å². The molecule has 1 aromatic carbocycles. The zero-order valence-electron chi connectivity index (χ0n) is 22.7. The Morgan fingerprint density at radius 1 is 0.872 bits per heavy atom. The molecule has 0 aliphatic heterocycles. The predicted molar refractivity (Wildman–Crippen MR) is 155 cm³/mol. The molecule has 0 bridgehead atoms. The van der Waals surface area contributed by atoms with E-state index >= 15 is 0 Å². The number of rotatable bonds is 13. The molecule has 0 aliphatic rings. The monoisotopic (exact) mass is 571 g/mol. The summed E-state index contributed by atoms with van der Waals surface area (Å²) in [5.41, 5.74) is 0.211. The largest absolute Gasteiger partial charge is 0.465 e. The molecule has 8 nitrogen and oxygen atoms in total. The fraction of sp³-hybridized carbons (Fsp3) is 0.414. The van der Waals surface area contributed by atoms with Gasteiger partial charge in [-0.05, 0) is 68.5 Å². The van der Waals surface area contributed by atoms with Crippen LogP contribution in [0, 0.1) is 0 Å². The Bertz CT molecular complexity index is 1130. The lowest BCUT2D eigenvalue weighted by atomic mass is 10.1. The van der Waals surface area contributed by atoms with E-state index in [2.05, 4.69) is 5.32 Å². The highest BCUT2D eigenvalue weighted by molar-refractivity contribution is 7.10. The van der Waals surface area contributed by atoms with Crippen molar-refractivity contribution in [3.05, 3.63) is 80.7 Å². The summed E-state index contributed by atoms with van der Waals surface area (Å²) in [5.74, 6) is -0.193. The second kappa shape index (κ2) is 14.7. The first-order valence-corrected chi connectivity index (χ1v) is 14.7. The number of nitrogens with zero attached hydrogens (tertiary/aromatic N) is 2. The standard InChI is InChI=1S/C29H37N3O5S2/c1-29(2,3)37-27(34)30-25(15-7-8-16-31(28(35)36)19-22-11-5-4-6-12-22)26(33)32(20-23-13-9-17-38-23)21-24-14-10-18-39-24/h4-6,9-14,17-18,25H,7-8,15-16,19-21H2,1-3H3,(H,30,34)(H,35,36)/t25-/m0/s1. The Morgan fingerprint density at radius 3 is 2.00 bits per heavy atom. The SMILES string of the molecule is CC(C)(C)OC(=O)N[C@@H](CCCCN(Cc1ccccc1)C(=O)O)C(=O)N(Cc1cccs1)Cc1cccs1. The van der Waals surface area contributed by atoms with Gasteiger partial charge >= 0.3 is 12.2 Å². The van der Waals surface area contributed by atoms with Gasteiger partial charge in [0.1, 0.15) is 11.6 Å². The Morgan fingerprint density at radius 2 is 1.49 bits per heavy atom. The Hall–Kier alpha value is -3.37. The zero-order valence-corrected chi connectivity index (χ0v) is 24.3. The minimum atomic E-state index is -0.989. The average Bonchev–Trinajstić information content (AvgIpc) is 3.58. The minimum absolute atomic E-state index is 0.193. The number of benzene rings is 1. The van der Waals surface area contributed by atoms with E-state index in [1.165, 1.54) is 4.90 Å². The smallest absolute Gasteiger partial charge is 0.408 e. The van der Waals surface area contributed by atoms with Crippen molar-refractivity contribution < 1.29 is 24.2 Å². The first-order chi connectivity index (χ1) is 18.6. The normalized spacial score (nSPS) is 12.0. The molecule has 210 valence electrons. The van der Waals surface area contributed by atoms with Crippen LogP contribution >= 0.6 is 22.7 Å². The number of carbonyl (C=O) groups excluding carboxylic acids is 2. The molecule has 2 aromatic heterocycles. The van der Waals surface area contributed by atoms with E-state index in [9.17, 15) is 19.5 Å². The van der Waals surface area contributed by atoms with Crippen molar-refractivity contribution in [2.24, 2.45) is 0 Å². The second-order valence-corrected chi connectivity index (χ2v) is 12.3. The quantitative estimate of drug-likeness (QED) is 0.226. The third kappa shape index (κ3) is 10.7. The van der Waals surface area contributed by atoms with Gasteiger partial charge in [-0.2, -0.15) is 0 Å². The molecule has 0 radical (unpaired) electrons. The lowest BCUT2D eigenvalue weighted by molar-refractivity contribution is -0.135. The number of thiophene rings is 2. The predicted octanol–water partition coefficient (Wildman–Crippen LogP) is 6.58. The highest BCUT2D eigenvalue weighted by atomic mass is 32.1. The number of hydrogen-bond donors (Lipinski definition) is 2. The van der Waals surface area contributed by atoms with Gasteiger partial charge in [-0.3, -0.25) is 4.79 Å². The van der Waals surface area contributed by atoms with Gasteiger partial charge in [-0.15, -0.1) is 22.7 Å². The number of amides is 3. The van der Waals surface area contributed by atoms with Crippen molar-refractivity contribution in [2.45, 2.75) is 71.3 Å². The van der Waals surface area contributed by atoms with Crippen molar-refractivity contribution in [3.63, 3.8) is 0 Å². The first kappa shape index (κ1) is 30.2. The van der Waals surface area contributed by atoms with Crippen molar-refractivity contribution in [3.8, 4) is 0 Å². The van der Waals surface area contributed by atoms with Crippen molar-refractivity contribution in [1.82, 2.24) is 15.1 Å². The number of alkyl carbamates (subject to hydrolysis) is 1. The number of hydrogen-bond acceptors (Lipinski definition) is 6. The number of carbonyl (C=O) groups is 3. The van der Waals surface area contributed by atoms with E-state index < -0.39 is 23.8 Å². The summed E-state index contributed by atoms with van der Waals surface area (Å²) in [7, 11) is 0. The molecule has 2 N–H and O–H groups in total. The summed E-state index contributed by atoms with van der Waals surface area (Å²) >= 11 is 3.16. The van der Waals surface area contributed by atoms with Gasteiger partial charge in [0.2, 0.25) is 5.91 Å². The summed E-state index contributed by atoms with van der Waals surface area (Å²) in [5, 5.41) is 16.4. The van der Waals surface area contributed by atoms with Crippen LogP contribution in [0.25, 0.3) is 0 Å². The summed E-state index contributed by atoms with van der Waals surface area (Å²) < 4.78 is 5.45. The minimum Gasteiger partial charge on any atom is -0.465 e. The number of carboxylic acid groups (broad SMARTS) is 1. The van der Waals surface area contributed by atoms with E-state index in [1.807, 2.05) is 65.4 Å². The molecule has 0 aliphatic carbocycles. The fourth-order valence-corrected chi connectivity index (χ4v) is 5.46. The topological polar surface area (TPSA) is 99.2 Å². The zero-order chi connectivity index (χ0) is 28.3. The number of ether oxygens (including phenoxy) is 1. The second-order valence-electron chi connectivity index (χ2n) is 10.2. The highest BCUT2D eigenvalue weighted by Gasteiger charge is 2.28. The highest BCUT2D eigenvalue weighted by Crippen LogP contribution is 2.20. The molecule has 2 heterocycles. The van der Waals surface area contributed by atoms with Gasteiger partial charge in [-0.1, -0.05) is 42.5 Å². The van der Waals surface area contributed by atoms with Gasteiger partial charge in [0.25, 0.3) is 0 Å². The number of unbranched alkanes of at least 4 members (excludes halogenated alkanes) is 1. The van der Waals surface area contributed by atoms with Crippen LogP contribution in [0.2, 0.25) is 0 Å². The van der Waals surface area contributed by atoms with Crippen LogP contribution in [0.15, 0.2) is 65.4 Å². The van der Waals surface area contributed by atoms with E-state index in [1.54, 1.807) is 48.3 Å². The van der Waals surface area contributed by atoms with Gasteiger partial charge < -0.3 is 25.0 Å². The molecule has 0 unspecified atom stereocenters. The van der Waals surface area contributed by atoms with E-state index in [0.717, 1.165) is 15.3 Å². The van der Waals surface area contributed by atoms with Crippen molar-refractivity contribution >= 4 is 40.8 Å². The maximum atomic E-state index is 13.8. The molecule has 10 heteroatoms. The lowest BCUT2D eigenvalue weighted by Crippen LogP contribution is -2.49. The molecule has 3 amide bonds. The van der Waals surface area contributed by atoms with Gasteiger partial charge in [0.15, 0.2) is 0 Å². The van der Waals surface area contributed by atoms with Gasteiger partial charge in [0.05, 0.1) is 13.1 Å². The molecule has 39 heavy (non-hydrogen) atoms. The molecule has 3 rings (SSSR count). The Labute approximate surface area is 238 Å². The van der Waals surface area contributed by atoms with E-state index in [-0.39, 0.29) is 5.91 Å². The van der Waals surface area contributed by atoms with Crippen LogP contribution in [0.3, 0.4) is 0 Å². The summed E-state index contributed by atoms with van der Waals surface area (Å²) in [6.45, 7) is 6.81. The Kier molecular flexibility index (Phi) is 11.4. The maximum Gasteiger partial charge on any atom is 0.408 e. The molecule has 3 aromatic rings. The molecule has 0 saturated carbocycles. The molecule has 0 saturated heterocycles. The van der Waals surface area contributed by atoms with Crippen LogP contribution in [0.5, 0.6) is 0 Å². The van der Waals surface area contributed by atoms with Gasteiger partial charge in [-0.25, -0.2) is 9.59 Å². The van der Waals surface area contributed by atoms with Crippen molar-refractivity contribution in [1.29, 1.82) is 0 Å². The molecule has 0 spiro atoms. The first-order valence-electron chi connectivity index (χ1n) is 13.0. The van der Waals surface area contributed by atoms with Gasteiger partial charge in [0, 0.05) is 22.8 Å². The van der Waals surface area contributed by atoms with Crippen LogP contribution in [0.4, 0.5) is 9.59 Å². The molecular weight excluding hydrogens is 534 g/mol. The lowest BCUT2D eigenvalue weighted by Gasteiger charge is -2.29. The molecule has 1 atom stereocenters. The van der Waals surface area contributed by atoms with Crippen molar-refractivity contribution in [2.75, 3.05) is 6.54 Å². The third-order valence-corrected chi connectivity index (χ3v) is 7.53. The molecular formula is C29H37N3O5S2. The fourth-order valence-electron chi connectivity index (χ4n) is 4.02. The van der Waals surface area contributed by atoms with Crippen LogP contribution in [0.1, 0.15) is 55.4 Å². The van der Waals surface area contributed by atoms with E-state index in [0.29, 0.717) is 45.4 Å². The summed E-state index contributed by atoms with van der Waals surface area (Å²) in [4.78, 5) is 43.5. The van der Waals surface area contributed by atoms with Crippen LogP contribution in [-0.2, 0) is 29.2 Å². The van der Waals surface area contributed by atoms with E-state index in [4.69, 9.17) is 4.74 Å². The molecule has 0 fully saturated rings. The summed E-state index contributed by atoms with van der Waals surface area (Å²) in [6.07, 6.45) is -0.172. The Balaban J connectivity index is 1.68. The summed E-state index contributed by atoms with van der Waals surface area (Å²) in [6, 6.07) is 16.5. The number of nitrogens with one attached hydrogen (secondary N) is 1. The average molecular weight is 572 g/mol. The van der Waals surface area contributed by atoms with Crippen LogP contribution < -0.4 is 5.32 Å². The third-order valence-electron chi connectivity index (χ3n) is 5.81.